The zero-order valence-corrected chi connectivity index (χ0v) is 24.6. The summed E-state index contributed by atoms with van der Waals surface area (Å²) in [6.45, 7) is 9.13. The van der Waals surface area contributed by atoms with Gasteiger partial charge in [0.2, 0.25) is 0 Å². The summed E-state index contributed by atoms with van der Waals surface area (Å²) in [6, 6.07) is 0. The third-order valence-corrected chi connectivity index (χ3v) is 7.11. The van der Waals surface area contributed by atoms with Gasteiger partial charge >= 0.3 is 0 Å². The van der Waals surface area contributed by atoms with Crippen LogP contribution in [0.3, 0.4) is 0 Å². The van der Waals surface area contributed by atoms with Gasteiger partial charge in [0.15, 0.2) is 0 Å². The third kappa shape index (κ3) is 26.5. The molecule has 0 saturated carbocycles. The molecule has 0 radical (unpaired) electrons. The van der Waals surface area contributed by atoms with E-state index >= 15 is 0 Å². The average molecular weight is 483 g/mol. The summed E-state index contributed by atoms with van der Waals surface area (Å²) in [4.78, 5) is 5.99. The molecule has 0 aliphatic rings. The number of unbranched alkanes of at least 4 members (excludes halogenated alkanes) is 20. The van der Waals surface area contributed by atoms with Gasteiger partial charge in [-0.05, 0) is 18.8 Å². The van der Waals surface area contributed by atoms with Crippen LogP contribution in [-0.4, -0.2) is 37.3 Å². The predicted molar refractivity (Wildman–Crippen MR) is 153 cm³/mol. The van der Waals surface area contributed by atoms with Crippen LogP contribution < -0.4 is 0 Å². The Kier molecular flexibility index (Phi) is 27.4. The van der Waals surface area contributed by atoms with Gasteiger partial charge in [-0.3, -0.25) is 0 Å². The van der Waals surface area contributed by atoms with E-state index in [-0.39, 0.29) is 0 Å². The fraction of sp³-hybridized carbons (Fsp3) is 1.00. The van der Waals surface area contributed by atoms with Crippen LogP contribution in [0.15, 0.2) is 0 Å². The van der Waals surface area contributed by atoms with Gasteiger partial charge in [0.1, 0.15) is 0 Å². The lowest BCUT2D eigenvalue weighted by atomic mass is 10.0. The standard InChI is InChI=1S/C31H66N2O/c1-6-8-10-12-14-16-18-19-21-23-25-27-29-33(34-32(4)5)30-31(3)28-26-24-22-20-17-15-13-11-9-7-2/h31H,6-30H2,1-5H3. The van der Waals surface area contributed by atoms with E-state index in [0.717, 1.165) is 13.1 Å². The Balaban J connectivity index is 3.68. The van der Waals surface area contributed by atoms with E-state index in [2.05, 4.69) is 25.8 Å². The number of hydrogen-bond donors (Lipinski definition) is 0. The van der Waals surface area contributed by atoms with Crippen molar-refractivity contribution in [1.82, 2.24) is 10.1 Å². The number of rotatable bonds is 28. The zero-order valence-electron chi connectivity index (χ0n) is 24.6. The molecular formula is C31H66N2O. The highest BCUT2D eigenvalue weighted by Crippen LogP contribution is 2.16. The van der Waals surface area contributed by atoms with Crippen molar-refractivity contribution in [2.24, 2.45) is 5.92 Å². The number of nitrogens with zero attached hydrogens (tertiary/aromatic N) is 2. The fourth-order valence-corrected chi connectivity index (χ4v) is 4.94. The molecule has 0 N–H and O–H groups in total. The molecule has 0 spiro atoms. The fourth-order valence-electron chi connectivity index (χ4n) is 4.94. The minimum Gasteiger partial charge on any atom is -0.209 e. The zero-order chi connectivity index (χ0) is 25.1. The first-order chi connectivity index (χ1) is 16.6. The van der Waals surface area contributed by atoms with E-state index in [1.807, 2.05) is 19.2 Å². The third-order valence-electron chi connectivity index (χ3n) is 7.11. The van der Waals surface area contributed by atoms with Gasteiger partial charge in [-0.15, -0.1) is 0 Å². The molecule has 0 aliphatic carbocycles. The molecule has 206 valence electrons. The Hall–Kier alpha value is -0.120. The molecule has 0 aliphatic heterocycles. The summed E-state index contributed by atoms with van der Waals surface area (Å²) in [5, 5.41) is 4.07. The summed E-state index contributed by atoms with van der Waals surface area (Å²) in [7, 11) is 4.00. The molecule has 1 atom stereocenters. The molecule has 0 bridgehead atoms. The smallest absolute Gasteiger partial charge is 0.0285 e. The van der Waals surface area contributed by atoms with Crippen molar-refractivity contribution in [3.63, 3.8) is 0 Å². The largest absolute Gasteiger partial charge is 0.209 e. The Bertz CT molecular complexity index is 374. The number of hydrogen-bond acceptors (Lipinski definition) is 3. The van der Waals surface area contributed by atoms with Gasteiger partial charge in [0, 0.05) is 27.2 Å². The Morgan fingerprint density at radius 2 is 0.853 bits per heavy atom. The van der Waals surface area contributed by atoms with Gasteiger partial charge in [-0.25, -0.2) is 4.94 Å². The highest BCUT2D eigenvalue weighted by molar-refractivity contribution is 4.59. The van der Waals surface area contributed by atoms with Crippen molar-refractivity contribution in [3.05, 3.63) is 0 Å². The molecule has 0 aromatic rings. The van der Waals surface area contributed by atoms with Crippen LogP contribution in [0.5, 0.6) is 0 Å². The second-order valence-corrected chi connectivity index (χ2v) is 11.2. The summed E-state index contributed by atoms with van der Waals surface area (Å²) in [6.07, 6.45) is 32.4. The van der Waals surface area contributed by atoms with E-state index in [0.29, 0.717) is 5.92 Å². The van der Waals surface area contributed by atoms with Gasteiger partial charge < -0.3 is 0 Å². The molecule has 3 heteroatoms. The van der Waals surface area contributed by atoms with Crippen LogP contribution >= 0.6 is 0 Å². The van der Waals surface area contributed by atoms with Crippen LogP contribution in [0.1, 0.15) is 168 Å². The second kappa shape index (κ2) is 27.5. The van der Waals surface area contributed by atoms with Gasteiger partial charge in [-0.2, -0.15) is 10.1 Å². The lowest BCUT2D eigenvalue weighted by molar-refractivity contribution is -0.308. The van der Waals surface area contributed by atoms with E-state index in [1.165, 1.54) is 148 Å². The minimum absolute atomic E-state index is 0.714. The van der Waals surface area contributed by atoms with E-state index < -0.39 is 0 Å². The first-order valence-electron chi connectivity index (χ1n) is 15.7. The molecule has 0 amide bonds. The maximum Gasteiger partial charge on any atom is 0.0285 e. The number of hydroxylamine groups is 4. The molecule has 0 rings (SSSR count). The summed E-state index contributed by atoms with van der Waals surface area (Å²) in [5.74, 6) is 0.714. The van der Waals surface area contributed by atoms with E-state index in [4.69, 9.17) is 4.94 Å². The van der Waals surface area contributed by atoms with Crippen molar-refractivity contribution < 1.29 is 4.94 Å². The van der Waals surface area contributed by atoms with Crippen molar-refractivity contribution in [2.45, 2.75) is 168 Å². The summed E-state index contributed by atoms with van der Waals surface area (Å²) >= 11 is 0. The maximum atomic E-state index is 5.99. The first-order valence-corrected chi connectivity index (χ1v) is 15.7. The topological polar surface area (TPSA) is 15.7 Å². The van der Waals surface area contributed by atoms with Crippen LogP contribution in [0.4, 0.5) is 0 Å². The molecule has 0 heterocycles. The lowest BCUT2D eigenvalue weighted by Crippen LogP contribution is -2.35. The predicted octanol–water partition coefficient (Wildman–Crippen LogP) is 10.3. The maximum absolute atomic E-state index is 5.99. The first kappa shape index (κ1) is 33.9. The molecule has 0 aromatic heterocycles. The van der Waals surface area contributed by atoms with E-state index in [9.17, 15) is 0 Å². The highest BCUT2D eigenvalue weighted by Gasteiger charge is 2.12. The molecule has 0 fully saturated rings. The molecule has 3 nitrogen and oxygen atoms in total. The van der Waals surface area contributed by atoms with Crippen LogP contribution in [0.2, 0.25) is 0 Å². The molecule has 0 aromatic carbocycles. The Labute approximate surface area is 216 Å². The van der Waals surface area contributed by atoms with Crippen molar-refractivity contribution in [2.75, 3.05) is 27.2 Å². The molecule has 1 unspecified atom stereocenters. The normalized spacial score (nSPS) is 12.8. The average Bonchev–Trinajstić information content (AvgIpc) is 2.80. The van der Waals surface area contributed by atoms with Gasteiger partial charge in [0.25, 0.3) is 0 Å². The summed E-state index contributed by atoms with van der Waals surface area (Å²) in [5.41, 5.74) is 0. The van der Waals surface area contributed by atoms with Gasteiger partial charge in [-0.1, -0.05) is 156 Å². The van der Waals surface area contributed by atoms with Crippen LogP contribution in [0, 0.1) is 5.92 Å². The van der Waals surface area contributed by atoms with Crippen LogP contribution in [0.25, 0.3) is 0 Å². The molecule has 34 heavy (non-hydrogen) atoms. The Morgan fingerprint density at radius 1 is 0.500 bits per heavy atom. The van der Waals surface area contributed by atoms with Crippen LogP contribution in [-0.2, 0) is 4.94 Å². The quantitative estimate of drug-likeness (QED) is 0.0814. The monoisotopic (exact) mass is 483 g/mol. The van der Waals surface area contributed by atoms with Crippen molar-refractivity contribution in [1.29, 1.82) is 0 Å². The lowest BCUT2D eigenvalue weighted by Gasteiger charge is -2.27. The molecule has 0 saturated heterocycles. The van der Waals surface area contributed by atoms with Crippen molar-refractivity contribution in [3.8, 4) is 0 Å². The van der Waals surface area contributed by atoms with E-state index in [1.54, 1.807) is 0 Å². The van der Waals surface area contributed by atoms with Crippen molar-refractivity contribution >= 4 is 0 Å². The summed E-state index contributed by atoms with van der Waals surface area (Å²) < 4.78 is 0. The molecular weight excluding hydrogens is 416 g/mol. The Morgan fingerprint density at radius 3 is 1.24 bits per heavy atom. The highest BCUT2D eigenvalue weighted by atomic mass is 16.8. The van der Waals surface area contributed by atoms with Gasteiger partial charge in [0.05, 0.1) is 0 Å². The SMILES string of the molecule is CCCCCCCCCCCCCCN(CC(C)CCCCCCCCCCCC)ON(C)C. The minimum atomic E-state index is 0.714. The second-order valence-electron chi connectivity index (χ2n) is 11.2.